The first-order chi connectivity index (χ1) is 7.18. The van der Waals surface area contributed by atoms with Gasteiger partial charge in [0.2, 0.25) is 0 Å². The lowest BCUT2D eigenvalue weighted by molar-refractivity contribution is 0.503. The molecule has 0 bridgehead atoms. The van der Waals surface area contributed by atoms with Gasteiger partial charge in [-0.2, -0.15) is 0 Å². The summed E-state index contributed by atoms with van der Waals surface area (Å²) in [6.07, 6.45) is 4.03. The summed E-state index contributed by atoms with van der Waals surface area (Å²) >= 11 is 6.05. The van der Waals surface area contributed by atoms with E-state index in [0.717, 1.165) is 11.6 Å². The summed E-state index contributed by atoms with van der Waals surface area (Å²) in [5.41, 5.74) is 0. The van der Waals surface area contributed by atoms with Crippen LogP contribution in [0.25, 0.3) is 0 Å². The molecule has 0 N–H and O–H groups in total. The maximum absolute atomic E-state index is 6.05. The number of hydrogen-bond donors (Lipinski definition) is 0. The first kappa shape index (κ1) is 10.3. The number of nitrogens with zero attached hydrogens (tertiary/aromatic N) is 2. The quantitative estimate of drug-likeness (QED) is 0.801. The van der Waals surface area contributed by atoms with Crippen molar-refractivity contribution in [2.24, 2.45) is 0 Å². The minimum Gasteiger partial charge on any atom is -0.469 e. The summed E-state index contributed by atoms with van der Waals surface area (Å²) < 4.78 is 7.29. The van der Waals surface area contributed by atoms with Crippen LogP contribution >= 0.6 is 11.6 Å². The predicted molar refractivity (Wildman–Crippen MR) is 59.1 cm³/mol. The molecule has 4 heteroatoms. The molecular weight excluding hydrogens is 212 g/mol. The first-order valence-corrected chi connectivity index (χ1v) is 5.30. The van der Waals surface area contributed by atoms with Gasteiger partial charge < -0.3 is 8.98 Å². The van der Waals surface area contributed by atoms with Gasteiger partial charge in [-0.05, 0) is 26.0 Å². The Morgan fingerprint density at radius 3 is 2.93 bits per heavy atom. The Kier molecular flexibility index (Phi) is 2.82. The number of halogens is 1. The second-order valence-corrected chi connectivity index (χ2v) is 4.10. The van der Waals surface area contributed by atoms with Gasteiger partial charge in [-0.3, -0.25) is 0 Å². The fraction of sp³-hybridized carbons (Fsp3) is 0.364. The van der Waals surface area contributed by atoms with Gasteiger partial charge in [0.15, 0.2) is 0 Å². The minimum absolute atomic E-state index is 0.310. The van der Waals surface area contributed by atoms with Crippen molar-refractivity contribution in [3.8, 4) is 0 Å². The highest BCUT2D eigenvalue weighted by Gasteiger charge is 2.12. The summed E-state index contributed by atoms with van der Waals surface area (Å²) in [5.74, 6) is 1.84. The standard InChI is InChI=1S/C11H13ClN2O/c1-8(2)14-10(12)7-13-11(14)6-9-4-3-5-15-9/h3-5,7-8H,6H2,1-2H3. The molecule has 0 atom stereocenters. The van der Waals surface area contributed by atoms with Crippen LogP contribution in [-0.2, 0) is 6.42 Å². The van der Waals surface area contributed by atoms with E-state index >= 15 is 0 Å². The monoisotopic (exact) mass is 224 g/mol. The molecule has 15 heavy (non-hydrogen) atoms. The molecule has 2 aromatic heterocycles. The molecule has 0 radical (unpaired) electrons. The number of aromatic nitrogens is 2. The lowest BCUT2D eigenvalue weighted by Gasteiger charge is -2.11. The second kappa shape index (κ2) is 4.11. The Labute approximate surface area is 93.7 Å². The van der Waals surface area contributed by atoms with Gasteiger partial charge in [0, 0.05) is 6.04 Å². The molecule has 0 saturated carbocycles. The Hall–Kier alpha value is -1.22. The van der Waals surface area contributed by atoms with Gasteiger partial charge in [-0.25, -0.2) is 4.98 Å². The number of imidazole rings is 1. The number of rotatable bonds is 3. The third-order valence-corrected chi connectivity index (χ3v) is 2.54. The van der Waals surface area contributed by atoms with Crippen molar-refractivity contribution in [2.75, 3.05) is 0 Å². The highest BCUT2D eigenvalue weighted by molar-refractivity contribution is 6.29. The third kappa shape index (κ3) is 2.07. The average molecular weight is 225 g/mol. The van der Waals surface area contributed by atoms with Gasteiger partial charge in [-0.1, -0.05) is 11.6 Å². The third-order valence-electron chi connectivity index (χ3n) is 2.26. The van der Waals surface area contributed by atoms with E-state index in [0.29, 0.717) is 17.6 Å². The normalized spacial score (nSPS) is 11.2. The van der Waals surface area contributed by atoms with Crippen LogP contribution in [0.1, 0.15) is 31.5 Å². The maximum atomic E-state index is 6.05. The Bertz CT molecular complexity index is 431. The summed E-state index contributed by atoms with van der Waals surface area (Å²) in [6, 6.07) is 4.12. The van der Waals surface area contributed by atoms with Crippen molar-refractivity contribution < 1.29 is 4.42 Å². The van der Waals surface area contributed by atoms with E-state index in [2.05, 4.69) is 18.8 Å². The zero-order valence-electron chi connectivity index (χ0n) is 8.77. The lowest BCUT2D eigenvalue weighted by Crippen LogP contribution is -2.06. The van der Waals surface area contributed by atoms with E-state index in [9.17, 15) is 0 Å². The van der Waals surface area contributed by atoms with Crippen LogP contribution in [0.4, 0.5) is 0 Å². The maximum Gasteiger partial charge on any atom is 0.129 e. The van der Waals surface area contributed by atoms with Crippen LogP contribution in [0.15, 0.2) is 29.0 Å². The zero-order chi connectivity index (χ0) is 10.8. The fourth-order valence-corrected chi connectivity index (χ4v) is 1.96. The Morgan fingerprint density at radius 1 is 1.53 bits per heavy atom. The topological polar surface area (TPSA) is 31.0 Å². The molecule has 0 saturated heterocycles. The average Bonchev–Trinajstić information content (AvgIpc) is 2.76. The molecule has 0 unspecified atom stereocenters. The molecule has 0 aliphatic carbocycles. The minimum atomic E-state index is 0.310. The molecule has 0 aromatic carbocycles. The van der Waals surface area contributed by atoms with Crippen LogP contribution in [-0.4, -0.2) is 9.55 Å². The second-order valence-electron chi connectivity index (χ2n) is 3.72. The van der Waals surface area contributed by atoms with Crippen LogP contribution in [0, 0.1) is 0 Å². The van der Waals surface area contributed by atoms with Gasteiger partial charge in [-0.15, -0.1) is 0 Å². The van der Waals surface area contributed by atoms with Gasteiger partial charge in [0.25, 0.3) is 0 Å². The highest BCUT2D eigenvalue weighted by atomic mass is 35.5. The SMILES string of the molecule is CC(C)n1c(Cl)cnc1Cc1ccco1. The van der Waals surface area contributed by atoms with Crippen molar-refractivity contribution in [1.82, 2.24) is 9.55 Å². The van der Waals surface area contributed by atoms with E-state index in [1.54, 1.807) is 12.5 Å². The first-order valence-electron chi connectivity index (χ1n) is 4.92. The molecule has 0 spiro atoms. The number of furan rings is 1. The molecule has 3 nitrogen and oxygen atoms in total. The van der Waals surface area contributed by atoms with Crippen molar-refractivity contribution >= 4 is 11.6 Å². The molecule has 0 amide bonds. The van der Waals surface area contributed by atoms with Crippen LogP contribution < -0.4 is 0 Å². The van der Waals surface area contributed by atoms with E-state index in [1.165, 1.54) is 0 Å². The van der Waals surface area contributed by atoms with E-state index < -0.39 is 0 Å². The smallest absolute Gasteiger partial charge is 0.129 e. The van der Waals surface area contributed by atoms with Crippen molar-refractivity contribution in [3.05, 3.63) is 41.3 Å². The lowest BCUT2D eigenvalue weighted by atomic mass is 10.3. The highest BCUT2D eigenvalue weighted by Crippen LogP contribution is 2.20. The van der Waals surface area contributed by atoms with E-state index in [1.807, 2.05) is 16.7 Å². The van der Waals surface area contributed by atoms with Crippen LogP contribution in [0.2, 0.25) is 5.15 Å². The van der Waals surface area contributed by atoms with Crippen LogP contribution in [0.5, 0.6) is 0 Å². The molecule has 2 aromatic rings. The van der Waals surface area contributed by atoms with Crippen molar-refractivity contribution in [2.45, 2.75) is 26.3 Å². The molecule has 0 aliphatic rings. The van der Waals surface area contributed by atoms with Gasteiger partial charge in [0.05, 0.1) is 18.9 Å². The largest absolute Gasteiger partial charge is 0.469 e. The molecule has 0 fully saturated rings. The Balaban J connectivity index is 2.29. The summed E-state index contributed by atoms with van der Waals surface area (Å²) in [4.78, 5) is 4.28. The van der Waals surface area contributed by atoms with E-state index in [4.69, 9.17) is 16.0 Å². The number of hydrogen-bond acceptors (Lipinski definition) is 2. The van der Waals surface area contributed by atoms with Crippen molar-refractivity contribution in [1.29, 1.82) is 0 Å². The van der Waals surface area contributed by atoms with Gasteiger partial charge in [0.1, 0.15) is 16.7 Å². The molecule has 2 rings (SSSR count). The summed E-state index contributed by atoms with van der Waals surface area (Å²) in [6.45, 7) is 4.17. The molecule has 2 heterocycles. The summed E-state index contributed by atoms with van der Waals surface area (Å²) in [7, 11) is 0. The Morgan fingerprint density at radius 2 is 2.33 bits per heavy atom. The van der Waals surface area contributed by atoms with Gasteiger partial charge >= 0.3 is 0 Å². The van der Waals surface area contributed by atoms with Crippen molar-refractivity contribution in [3.63, 3.8) is 0 Å². The fourth-order valence-electron chi connectivity index (χ4n) is 1.62. The summed E-state index contributed by atoms with van der Waals surface area (Å²) in [5, 5.41) is 0.673. The van der Waals surface area contributed by atoms with Crippen LogP contribution in [0.3, 0.4) is 0 Å². The molecule has 0 aliphatic heterocycles. The predicted octanol–water partition coefficient (Wildman–Crippen LogP) is 3.30. The molecular formula is C11H13ClN2O. The molecule has 80 valence electrons. The van der Waals surface area contributed by atoms with E-state index in [-0.39, 0.29) is 0 Å². The zero-order valence-corrected chi connectivity index (χ0v) is 9.53.